The number of carbonyl (C=O) groups is 1. The molecule has 1 rings (SSSR count). The van der Waals surface area contributed by atoms with Crippen LogP contribution in [0.3, 0.4) is 0 Å². The van der Waals surface area contributed by atoms with E-state index in [4.69, 9.17) is 10.2 Å². The zero-order valence-electron chi connectivity index (χ0n) is 6.78. The first kappa shape index (κ1) is 9.78. The Hall–Kier alpha value is -1.31. The molecule has 13 heavy (non-hydrogen) atoms. The van der Waals surface area contributed by atoms with Crippen molar-refractivity contribution in [3.8, 4) is 11.8 Å². The molecule has 0 spiro atoms. The minimum Gasteiger partial charge on any atom is -0.477 e. The maximum atomic E-state index is 10.5. The van der Waals surface area contributed by atoms with Gasteiger partial charge in [0.15, 0.2) is 0 Å². The van der Waals surface area contributed by atoms with Gasteiger partial charge in [-0.3, -0.25) is 0 Å². The first-order chi connectivity index (χ1) is 6.24. The Morgan fingerprint density at radius 2 is 2.38 bits per heavy atom. The molecule has 0 aliphatic heterocycles. The van der Waals surface area contributed by atoms with Gasteiger partial charge in [0.05, 0.1) is 6.61 Å². The van der Waals surface area contributed by atoms with Gasteiger partial charge in [0.1, 0.15) is 4.88 Å². The third-order valence-corrected chi connectivity index (χ3v) is 2.20. The molecule has 68 valence electrons. The summed E-state index contributed by atoms with van der Waals surface area (Å²) in [6, 6.07) is 1.53. The molecule has 0 aliphatic rings. The molecule has 3 nitrogen and oxygen atoms in total. The van der Waals surface area contributed by atoms with Crippen molar-refractivity contribution in [3.05, 3.63) is 21.9 Å². The normalized spacial score (nSPS) is 9.00. The van der Waals surface area contributed by atoms with Crippen molar-refractivity contribution in [1.29, 1.82) is 0 Å². The lowest BCUT2D eigenvalue weighted by atomic mass is 10.3. The Kier molecular flexibility index (Phi) is 3.50. The van der Waals surface area contributed by atoms with Crippen molar-refractivity contribution in [2.45, 2.75) is 6.42 Å². The van der Waals surface area contributed by atoms with Crippen molar-refractivity contribution < 1.29 is 15.0 Å². The molecule has 0 radical (unpaired) electrons. The standard InChI is InChI=1S/C9H8O3S/c10-4-2-1-3-7-5-8(9(11)12)13-6-7/h5-6,10H,2,4H2,(H,11,12). The average molecular weight is 196 g/mol. The fourth-order valence-electron chi connectivity index (χ4n) is 0.734. The van der Waals surface area contributed by atoms with E-state index in [1.54, 1.807) is 5.38 Å². The van der Waals surface area contributed by atoms with Gasteiger partial charge in [-0.2, -0.15) is 0 Å². The smallest absolute Gasteiger partial charge is 0.345 e. The highest BCUT2D eigenvalue weighted by Gasteiger charge is 2.04. The average Bonchev–Trinajstić information content (AvgIpc) is 2.53. The van der Waals surface area contributed by atoms with Crippen LogP contribution in [-0.2, 0) is 0 Å². The molecule has 0 atom stereocenters. The lowest BCUT2D eigenvalue weighted by Gasteiger charge is -1.80. The van der Waals surface area contributed by atoms with Gasteiger partial charge in [0, 0.05) is 17.4 Å². The quantitative estimate of drug-likeness (QED) is 0.698. The molecular formula is C9H8O3S. The largest absolute Gasteiger partial charge is 0.477 e. The van der Waals surface area contributed by atoms with Gasteiger partial charge < -0.3 is 10.2 Å². The topological polar surface area (TPSA) is 57.5 Å². The minimum atomic E-state index is -0.930. The van der Waals surface area contributed by atoms with Crippen LogP contribution in [-0.4, -0.2) is 22.8 Å². The van der Waals surface area contributed by atoms with Crippen LogP contribution in [0.2, 0.25) is 0 Å². The van der Waals surface area contributed by atoms with Crippen molar-refractivity contribution >= 4 is 17.3 Å². The second kappa shape index (κ2) is 4.65. The van der Waals surface area contributed by atoms with Crippen LogP contribution < -0.4 is 0 Å². The summed E-state index contributed by atoms with van der Waals surface area (Å²) in [5.74, 6) is 4.54. The molecule has 0 bridgehead atoms. The fraction of sp³-hybridized carbons (Fsp3) is 0.222. The summed E-state index contributed by atoms with van der Waals surface area (Å²) in [6.45, 7) is 0.0307. The number of rotatable bonds is 2. The highest BCUT2D eigenvalue weighted by atomic mass is 32.1. The summed E-state index contributed by atoms with van der Waals surface area (Å²) in [5, 5.41) is 18.7. The lowest BCUT2D eigenvalue weighted by molar-refractivity contribution is 0.0702. The molecule has 0 unspecified atom stereocenters. The van der Waals surface area contributed by atoms with E-state index < -0.39 is 5.97 Å². The van der Waals surface area contributed by atoms with E-state index in [2.05, 4.69) is 11.8 Å². The van der Waals surface area contributed by atoms with Crippen LogP contribution in [0.5, 0.6) is 0 Å². The van der Waals surface area contributed by atoms with E-state index in [0.717, 1.165) is 11.3 Å². The Labute approximate surface area is 79.6 Å². The van der Waals surface area contributed by atoms with Gasteiger partial charge >= 0.3 is 5.97 Å². The molecule has 0 aromatic carbocycles. The van der Waals surface area contributed by atoms with Gasteiger partial charge in [-0.05, 0) is 6.07 Å². The highest BCUT2D eigenvalue weighted by molar-refractivity contribution is 7.12. The second-order valence-corrected chi connectivity index (χ2v) is 3.19. The van der Waals surface area contributed by atoms with Gasteiger partial charge in [0.25, 0.3) is 0 Å². The molecule has 0 fully saturated rings. The van der Waals surface area contributed by atoms with E-state index in [0.29, 0.717) is 12.0 Å². The van der Waals surface area contributed by atoms with E-state index >= 15 is 0 Å². The molecule has 4 heteroatoms. The highest BCUT2D eigenvalue weighted by Crippen LogP contribution is 2.13. The van der Waals surface area contributed by atoms with Crippen LogP contribution in [0.1, 0.15) is 21.7 Å². The number of aromatic carboxylic acids is 1. The minimum absolute atomic E-state index is 0.0307. The monoisotopic (exact) mass is 196 g/mol. The molecule has 0 saturated heterocycles. The van der Waals surface area contributed by atoms with Crippen LogP contribution in [0.4, 0.5) is 0 Å². The van der Waals surface area contributed by atoms with Gasteiger partial charge in [-0.1, -0.05) is 11.8 Å². The zero-order valence-corrected chi connectivity index (χ0v) is 7.60. The first-order valence-electron chi connectivity index (χ1n) is 3.65. The number of carboxylic acid groups (broad SMARTS) is 1. The molecule has 0 aliphatic carbocycles. The predicted molar refractivity (Wildman–Crippen MR) is 49.9 cm³/mol. The zero-order chi connectivity index (χ0) is 9.68. The number of aliphatic hydroxyl groups excluding tert-OH is 1. The van der Waals surface area contributed by atoms with Crippen LogP contribution in [0, 0.1) is 11.8 Å². The van der Waals surface area contributed by atoms with Crippen molar-refractivity contribution in [2.24, 2.45) is 0 Å². The lowest BCUT2D eigenvalue weighted by Crippen LogP contribution is -1.89. The first-order valence-corrected chi connectivity index (χ1v) is 4.53. The molecule has 1 aromatic heterocycles. The molecular weight excluding hydrogens is 188 g/mol. The summed E-state index contributed by atoms with van der Waals surface area (Å²) >= 11 is 1.15. The summed E-state index contributed by atoms with van der Waals surface area (Å²) < 4.78 is 0. The summed E-state index contributed by atoms with van der Waals surface area (Å²) in [7, 11) is 0. The Balaban J connectivity index is 2.71. The predicted octanol–water partition coefficient (Wildman–Crippen LogP) is 1.18. The van der Waals surface area contributed by atoms with E-state index in [9.17, 15) is 4.79 Å². The molecule has 0 amide bonds. The van der Waals surface area contributed by atoms with Crippen LogP contribution >= 0.6 is 11.3 Å². The second-order valence-electron chi connectivity index (χ2n) is 2.28. The van der Waals surface area contributed by atoms with E-state index in [1.165, 1.54) is 6.07 Å². The van der Waals surface area contributed by atoms with Crippen molar-refractivity contribution in [1.82, 2.24) is 0 Å². The molecule has 2 N–H and O–H groups in total. The Bertz CT molecular complexity index is 356. The van der Waals surface area contributed by atoms with E-state index in [1.807, 2.05) is 0 Å². The number of carboxylic acids is 1. The number of hydrogen-bond donors (Lipinski definition) is 2. The van der Waals surface area contributed by atoms with E-state index in [-0.39, 0.29) is 11.5 Å². The molecule has 1 aromatic rings. The van der Waals surface area contributed by atoms with Crippen molar-refractivity contribution in [3.63, 3.8) is 0 Å². The molecule has 0 saturated carbocycles. The van der Waals surface area contributed by atoms with Crippen LogP contribution in [0.25, 0.3) is 0 Å². The van der Waals surface area contributed by atoms with Crippen molar-refractivity contribution in [2.75, 3.05) is 6.61 Å². The third kappa shape index (κ3) is 2.90. The maximum Gasteiger partial charge on any atom is 0.345 e. The Morgan fingerprint density at radius 1 is 1.62 bits per heavy atom. The number of aliphatic hydroxyl groups is 1. The number of hydrogen-bond acceptors (Lipinski definition) is 3. The maximum absolute atomic E-state index is 10.5. The fourth-order valence-corrected chi connectivity index (χ4v) is 1.41. The van der Waals surface area contributed by atoms with Gasteiger partial charge in [0.2, 0.25) is 0 Å². The summed E-state index contributed by atoms with van der Waals surface area (Å²) in [6.07, 6.45) is 0.415. The summed E-state index contributed by atoms with van der Waals surface area (Å²) in [5.41, 5.74) is 0.691. The van der Waals surface area contributed by atoms with Gasteiger partial charge in [-0.25, -0.2) is 4.79 Å². The Morgan fingerprint density at radius 3 is 2.92 bits per heavy atom. The van der Waals surface area contributed by atoms with Crippen LogP contribution in [0.15, 0.2) is 11.4 Å². The molecule has 1 heterocycles. The third-order valence-electron chi connectivity index (χ3n) is 1.28. The SMILES string of the molecule is O=C(O)c1cc(C#CCCO)cs1. The summed E-state index contributed by atoms with van der Waals surface area (Å²) in [4.78, 5) is 10.8. The van der Waals surface area contributed by atoms with Gasteiger partial charge in [-0.15, -0.1) is 11.3 Å². The number of thiophene rings is 1.